The number of aryl methyl sites for hydroxylation is 1. The zero-order valence-corrected chi connectivity index (χ0v) is 22.4. The number of carbonyl (C=O) groups is 1. The minimum atomic E-state index is 0.142. The van der Waals surface area contributed by atoms with Gasteiger partial charge in [-0.2, -0.15) is 0 Å². The van der Waals surface area contributed by atoms with Crippen LogP contribution < -0.4 is 11.1 Å². The number of carbonyl (C=O) groups excluding carboxylic acids is 1. The summed E-state index contributed by atoms with van der Waals surface area (Å²) in [6.45, 7) is 5.70. The highest BCUT2D eigenvalue weighted by Crippen LogP contribution is 2.30. The van der Waals surface area contributed by atoms with Crippen LogP contribution in [0.15, 0.2) is 48.5 Å². The Kier molecular flexibility index (Phi) is 9.52. The standard InChI is InChI=1S/C31H41N5O/c1-3-5-7-8-9-10-16-28(37)33-21-23-17-19-24(20-18-23)22-36-27(15-6-4-2)35-29-30(36)25-13-11-12-14-26(25)34-31(29)32/h11-14,17-20H,3-10,15-16,21-22H2,1-2H3,(H2,32,34)(H,33,37). The monoisotopic (exact) mass is 499 g/mol. The fourth-order valence-electron chi connectivity index (χ4n) is 4.90. The van der Waals surface area contributed by atoms with Gasteiger partial charge in [0.1, 0.15) is 11.3 Å². The molecule has 2 aromatic carbocycles. The summed E-state index contributed by atoms with van der Waals surface area (Å²) in [5.41, 5.74) is 11.4. The lowest BCUT2D eigenvalue weighted by Gasteiger charge is -2.12. The van der Waals surface area contributed by atoms with Crippen LogP contribution in [-0.4, -0.2) is 20.4 Å². The van der Waals surface area contributed by atoms with Gasteiger partial charge in [0.25, 0.3) is 0 Å². The average molecular weight is 500 g/mol. The van der Waals surface area contributed by atoms with E-state index in [1.807, 2.05) is 18.2 Å². The van der Waals surface area contributed by atoms with E-state index >= 15 is 0 Å². The zero-order valence-electron chi connectivity index (χ0n) is 22.4. The summed E-state index contributed by atoms with van der Waals surface area (Å²) in [7, 11) is 0. The number of unbranched alkanes of at least 4 members (excludes halogenated alkanes) is 6. The maximum atomic E-state index is 12.2. The Morgan fingerprint density at radius 2 is 1.57 bits per heavy atom. The third-order valence-electron chi connectivity index (χ3n) is 7.05. The summed E-state index contributed by atoms with van der Waals surface area (Å²) in [6, 6.07) is 16.7. The Morgan fingerprint density at radius 1 is 0.865 bits per heavy atom. The number of hydrogen-bond acceptors (Lipinski definition) is 4. The van der Waals surface area contributed by atoms with Crippen molar-refractivity contribution in [3.8, 4) is 0 Å². The Labute approximate surface area is 220 Å². The summed E-state index contributed by atoms with van der Waals surface area (Å²) in [6.07, 6.45) is 10.9. The maximum Gasteiger partial charge on any atom is 0.220 e. The van der Waals surface area contributed by atoms with Crippen LogP contribution in [0.3, 0.4) is 0 Å². The highest BCUT2D eigenvalue weighted by atomic mass is 16.1. The number of pyridine rings is 1. The van der Waals surface area contributed by atoms with Crippen LogP contribution >= 0.6 is 0 Å². The second-order valence-corrected chi connectivity index (χ2v) is 10.0. The minimum Gasteiger partial charge on any atom is -0.382 e. The minimum absolute atomic E-state index is 0.142. The molecule has 0 saturated heterocycles. The second-order valence-electron chi connectivity index (χ2n) is 10.0. The van der Waals surface area contributed by atoms with Gasteiger partial charge in [0.2, 0.25) is 5.91 Å². The van der Waals surface area contributed by atoms with E-state index in [1.54, 1.807) is 0 Å². The molecular weight excluding hydrogens is 458 g/mol. The van der Waals surface area contributed by atoms with Crippen LogP contribution in [0, 0.1) is 0 Å². The maximum absolute atomic E-state index is 12.2. The SMILES string of the molecule is CCCCCCCCC(=O)NCc1ccc(Cn2c(CCCC)nc3c(N)nc4ccccc4c32)cc1. The third kappa shape index (κ3) is 6.88. The summed E-state index contributed by atoms with van der Waals surface area (Å²) in [5, 5.41) is 4.15. The first-order valence-electron chi connectivity index (χ1n) is 14.0. The normalized spacial score (nSPS) is 11.4. The summed E-state index contributed by atoms with van der Waals surface area (Å²) in [5.74, 6) is 1.67. The number of nitrogens with two attached hydrogens (primary N) is 1. The number of para-hydroxylation sites is 1. The van der Waals surface area contributed by atoms with Gasteiger partial charge >= 0.3 is 0 Å². The first-order valence-corrected chi connectivity index (χ1v) is 14.0. The molecule has 0 spiro atoms. The molecule has 1 amide bonds. The smallest absolute Gasteiger partial charge is 0.220 e. The Bertz CT molecular complexity index is 1310. The quantitative estimate of drug-likeness (QED) is 0.184. The molecular formula is C31H41N5O. The number of nitrogens with one attached hydrogen (secondary N) is 1. The van der Waals surface area contributed by atoms with Crippen molar-refractivity contribution in [3.63, 3.8) is 0 Å². The van der Waals surface area contributed by atoms with Crippen molar-refractivity contribution in [3.05, 3.63) is 65.5 Å². The van der Waals surface area contributed by atoms with Gasteiger partial charge in [-0.3, -0.25) is 4.79 Å². The first kappa shape index (κ1) is 26.6. The fourth-order valence-corrected chi connectivity index (χ4v) is 4.90. The van der Waals surface area contributed by atoms with Gasteiger partial charge in [0.05, 0.1) is 11.0 Å². The molecule has 3 N–H and O–H groups in total. The fraction of sp³-hybridized carbons (Fsp3) is 0.452. The van der Waals surface area contributed by atoms with E-state index in [0.717, 1.165) is 65.4 Å². The number of aromatic nitrogens is 3. The van der Waals surface area contributed by atoms with Crippen molar-refractivity contribution in [2.45, 2.75) is 91.1 Å². The number of benzene rings is 2. The van der Waals surface area contributed by atoms with Gasteiger partial charge in [0.15, 0.2) is 5.82 Å². The van der Waals surface area contributed by atoms with Gasteiger partial charge in [-0.1, -0.05) is 94.8 Å². The van der Waals surface area contributed by atoms with Gasteiger partial charge in [-0.15, -0.1) is 0 Å². The van der Waals surface area contributed by atoms with Crippen molar-refractivity contribution in [1.82, 2.24) is 19.9 Å². The van der Waals surface area contributed by atoms with Crippen molar-refractivity contribution >= 4 is 33.7 Å². The van der Waals surface area contributed by atoms with Crippen molar-refractivity contribution in [2.24, 2.45) is 0 Å². The lowest BCUT2D eigenvalue weighted by atomic mass is 10.1. The van der Waals surface area contributed by atoms with E-state index in [-0.39, 0.29) is 5.91 Å². The molecule has 196 valence electrons. The number of anilines is 1. The van der Waals surface area contributed by atoms with E-state index < -0.39 is 0 Å². The van der Waals surface area contributed by atoms with Gasteiger partial charge in [-0.25, -0.2) is 9.97 Å². The van der Waals surface area contributed by atoms with E-state index in [4.69, 9.17) is 10.7 Å². The number of rotatable bonds is 14. The van der Waals surface area contributed by atoms with E-state index in [9.17, 15) is 4.79 Å². The van der Waals surface area contributed by atoms with Crippen LogP contribution in [0.5, 0.6) is 0 Å². The summed E-state index contributed by atoms with van der Waals surface area (Å²) in [4.78, 5) is 21.8. The van der Waals surface area contributed by atoms with E-state index in [0.29, 0.717) is 25.3 Å². The lowest BCUT2D eigenvalue weighted by molar-refractivity contribution is -0.121. The number of hydrogen-bond donors (Lipinski definition) is 2. The average Bonchev–Trinajstić information content (AvgIpc) is 3.28. The molecule has 2 heterocycles. The predicted molar refractivity (Wildman–Crippen MR) is 153 cm³/mol. The van der Waals surface area contributed by atoms with E-state index in [2.05, 4.69) is 59.0 Å². The number of fused-ring (bicyclic) bond motifs is 3. The largest absolute Gasteiger partial charge is 0.382 e. The highest BCUT2D eigenvalue weighted by molar-refractivity contribution is 6.06. The second kappa shape index (κ2) is 13.2. The van der Waals surface area contributed by atoms with Gasteiger partial charge in [0, 0.05) is 31.3 Å². The summed E-state index contributed by atoms with van der Waals surface area (Å²) >= 11 is 0. The molecule has 0 aliphatic carbocycles. The molecule has 4 aromatic rings. The predicted octanol–water partition coefficient (Wildman–Crippen LogP) is 6.92. The summed E-state index contributed by atoms with van der Waals surface area (Å²) < 4.78 is 2.31. The van der Waals surface area contributed by atoms with Crippen molar-refractivity contribution in [1.29, 1.82) is 0 Å². The molecule has 0 fully saturated rings. The van der Waals surface area contributed by atoms with Crippen LogP contribution in [-0.2, 0) is 24.3 Å². The molecule has 2 aromatic heterocycles. The van der Waals surface area contributed by atoms with Gasteiger partial charge in [-0.05, 0) is 30.0 Å². The van der Waals surface area contributed by atoms with Crippen LogP contribution in [0.2, 0.25) is 0 Å². The molecule has 0 saturated carbocycles. The molecule has 0 aliphatic heterocycles. The Balaban J connectivity index is 1.44. The molecule has 4 rings (SSSR count). The molecule has 0 aliphatic rings. The highest BCUT2D eigenvalue weighted by Gasteiger charge is 2.17. The van der Waals surface area contributed by atoms with Crippen LogP contribution in [0.1, 0.15) is 88.6 Å². The molecule has 37 heavy (non-hydrogen) atoms. The first-order chi connectivity index (χ1) is 18.1. The zero-order chi connectivity index (χ0) is 26.0. The molecule has 0 bridgehead atoms. The number of amides is 1. The number of nitrogens with zero attached hydrogens (tertiary/aromatic N) is 3. The van der Waals surface area contributed by atoms with Crippen molar-refractivity contribution < 1.29 is 4.79 Å². The lowest BCUT2D eigenvalue weighted by Crippen LogP contribution is -2.22. The molecule has 0 radical (unpaired) electrons. The number of nitrogen functional groups attached to an aromatic ring is 1. The molecule has 6 heteroatoms. The topological polar surface area (TPSA) is 85.8 Å². The van der Waals surface area contributed by atoms with Gasteiger partial charge < -0.3 is 15.6 Å². The Morgan fingerprint density at radius 3 is 2.35 bits per heavy atom. The third-order valence-corrected chi connectivity index (χ3v) is 7.05. The van der Waals surface area contributed by atoms with Crippen molar-refractivity contribution in [2.75, 3.05) is 5.73 Å². The number of imidazole rings is 1. The van der Waals surface area contributed by atoms with Crippen LogP contribution in [0.25, 0.3) is 21.9 Å². The molecule has 0 unspecified atom stereocenters. The van der Waals surface area contributed by atoms with Crippen LogP contribution in [0.4, 0.5) is 5.82 Å². The molecule has 0 atom stereocenters. The molecule has 6 nitrogen and oxygen atoms in total. The Hall–Kier alpha value is -3.41. The van der Waals surface area contributed by atoms with E-state index in [1.165, 1.54) is 31.2 Å².